The summed E-state index contributed by atoms with van der Waals surface area (Å²) in [6, 6.07) is 29.0. The molecule has 4 aromatic rings. The smallest absolute Gasteiger partial charge is 0.178 e. The first-order valence-corrected chi connectivity index (χ1v) is 10.3. The molecular formula is C26H19BrO2. The van der Waals surface area contributed by atoms with Crippen LogP contribution in [-0.4, -0.2) is 7.11 Å². The van der Waals surface area contributed by atoms with E-state index in [1.54, 1.807) is 7.11 Å². The van der Waals surface area contributed by atoms with Gasteiger partial charge in [0.25, 0.3) is 0 Å². The number of fused-ring (bicyclic) bond motifs is 3. The second-order valence-corrected chi connectivity index (χ2v) is 8.02. The summed E-state index contributed by atoms with van der Waals surface area (Å²) in [6.45, 7) is 0. The van der Waals surface area contributed by atoms with Gasteiger partial charge < -0.3 is 9.47 Å². The maximum Gasteiger partial charge on any atom is 0.178 e. The molecule has 0 bridgehead atoms. The van der Waals surface area contributed by atoms with Gasteiger partial charge in [-0.1, -0.05) is 70.5 Å². The molecule has 0 radical (unpaired) electrons. The Balaban J connectivity index is 1.71. The molecule has 1 aliphatic rings. The third-order valence-electron chi connectivity index (χ3n) is 5.48. The van der Waals surface area contributed by atoms with Crippen LogP contribution in [0.5, 0.6) is 11.5 Å². The highest BCUT2D eigenvalue weighted by Crippen LogP contribution is 2.44. The van der Waals surface area contributed by atoms with Crippen molar-refractivity contribution in [1.82, 2.24) is 0 Å². The van der Waals surface area contributed by atoms with Crippen molar-refractivity contribution in [2.24, 2.45) is 0 Å². The van der Waals surface area contributed by atoms with E-state index in [1.165, 1.54) is 10.8 Å². The van der Waals surface area contributed by atoms with Crippen molar-refractivity contribution in [1.29, 1.82) is 0 Å². The summed E-state index contributed by atoms with van der Waals surface area (Å²) in [5.41, 5.74) is 2.53. The number of benzene rings is 4. The van der Waals surface area contributed by atoms with Crippen LogP contribution in [-0.2, 0) is 5.60 Å². The molecule has 1 aliphatic heterocycles. The van der Waals surface area contributed by atoms with Gasteiger partial charge in [-0.2, -0.15) is 0 Å². The summed E-state index contributed by atoms with van der Waals surface area (Å²) >= 11 is 3.54. The van der Waals surface area contributed by atoms with Gasteiger partial charge in [-0.15, -0.1) is 0 Å². The van der Waals surface area contributed by atoms with Crippen molar-refractivity contribution < 1.29 is 9.47 Å². The van der Waals surface area contributed by atoms with E-state index in [0.29, 0.717) is 0 Å². The Morgan fingerprint density at radius 3 is 2.21 bits per heavy atom. The first kappa shape index (κ1) is 18.0. The van der Waals surface area contributed by atoms with Gasteiger partial charge in [0.05, 0.1) is 7.11 Å². The molecule has 1 heterocycles. The number of rotatable bonds is 3. The summed E-state index contributed by atoms with van der Waals surface area (Å²) in [5, 5.41) is 2.40. The van der Waals surface area contributed by atoms with Gasteiger partial charge >= 0.3 is 0 Å². The molecule has 0 spiro atoms. The van der Waals surface area contributed by atoms with E-state index in [9.17, 15) is 0 Å². The molecule has 0 saturated carbocycles. The Morgan fingerprint density at radius 2 is 1.48 bits per heavy atom. The standard InChI is InChI=1S/C26H19BrO2/c1-28-22-13-9-20(10-14-22)26(19-7-11-21(27)12-8-19)17-16-24-23-5-3-2-4-18(23)6-15-25(24)29-26/h2-17H,1H3. The van der Waals surface area contributed by atoms with E-state index in [0.717, 1.165) is 32.7 Å². The van der Waals surface area contributed by atoms with Gasteiger partial charge in [0.1, 0.15) is 11.5 Å². The molecule has 29 heavy (non-hydrogen) atoms. The number of hydrogen-bond acceptors (Lipinski definition) is 2. The van der Waals surface area contributed by atoms with Crippen molar-refractivity contribution in [2.75, 3.05) is 7.11 Å². The lowest BCUT2D eigenvalue weighted by atomic mass is 9.83. The fourth-order valence-electron chi connectivity index (χ4n) is 3.96. The van der Waals surface area contributed by atoms with Crippen LogP contribution < -0.4 is 9.47 Å². The Hall–Kier alpha value is -3.04. The van der Waals surface area contributed by atoms with Crippen molar-refractivity contribution >= 4 is 32.8 Å². The first-order chi connectivity index (χ1) is 14.2. The zero-order valence-electron chi connectivity index (χ0n) is 15.9. The maximum atomic E-state index is 6.77. The average Bonchev–Trinajstić information content (AvgIpc) is 2.79. The fourth-order valence-corrected chi connectivity index (χ4v) is 4.22. The molecule has 5 rings (SSSR count). The maximum absolute atomic E-state index is 6.77. The Labute approximate surface area is 178 Å². The number of methoxy groups -OCH3 is 1. The zero-order chi connectivity index (χ0) is 19.8. The highest BCUT2D eigenvalue weighted by molar-refractivity contribution is 9.10. The number of halogens is 1. The monoisotopic (exact) mass is 442 g/mol. The molecule has 0 N–H and O–H groups in total. The predicted octanol–water partition coefficient (Wildman–Crippen LogP) is 6.96. The largest absolute Gasteiger partial charge is 0.497 e. The van der Waals surface area contributed by atoms with Crippen molar-refractivity contribution in [3.8, 4) is 11.5 Å². The van der Waals surface area contributed by atoms with Gasteiger partial charge in [-0.3, -0.25) is 0 Å². The van der Waals surface area contributed by atoms with Crippen molar-refractivity contribution in [2.45, 2.75) is 5.60 Å². The van der Waals surface area contributed by atoms with Crippen LogP contribution in [0.25, 0.3) is 16.8 Å². The molecule has 0 aromatic heterocycles. The minimum Gasteiger partial charge on any atom is -0.497 e. The molecule has 3 heteroatoms. The van der Waals surface area contributed by atoms with Crippen LogP contribution in [0.2, 0.25) is 0 Å². The minimum absolute atomic E-state index is 0.706. The molecule has 4 aromatic carbocycles. The van der Waals surface area contributed by atoms with Gasteiger partial charge in [-0.25, -0.2) is 0 Å². The third kappa shape index (κ3) is 3.02. The summed E-state index contributed by atoms with van der Waals surface area (Å²) in [5.74, 6) is 1.70. The Kier molecular flexibility index (Phi) is 4.40. The lowest BCUT2D eigenvalue weighted by Gasteiger charge is -2.36. The van der Waals surface area contributed by atoms with Crippen LogP contribution in [0, 0.1) is 0 Å². The summed E-state index contributed by atoms with van der Waals surface area (Å²) < 4.78 is 13.2. The fraction of sp³-hybridized carbons (Fsp3) is 0.0769. The van der Waals surface area contributed by atoms with Crippen LogP contribution in [0.4, 0.5) is 0 Å². The van der Waals surface area contributed by atoms with E-state index in [1.807, 2.05) is 24.3 Å². The van der Waals surface area contributed by atoms with Crippen molar-refractivity contribution in [3.05, 3.63) is 112 Å². The van der Waals surface area contributed by atoms with E-state index >= 15 is 0 Å². The zero-order valence-corrected chi connectivity index (χ0v) is 17.5. The average molecular weight is 443 g/mol. The van der Waals surface area contributed by atoms with Gasteiger partial charge in [-0.05, 0) is 53.3 Å². The normalized spacial score (nSPS) is 17.6. The van der Waals surface area contributed by atoms with E-state index in [2.05, 4.69) is 88.7 Å². The topological polar surface area (TPSA) is 18.5 Å². The van der Waals surface area contributed by atoms with Gasteiger partial charge in [0, 0.05) is 21.2 Å². The molecule has 0 aliphatic carbocycles. The second kappa shape index (κ2) is 7.09. The molecular weight excluding hydrogens is 424 g/mol. The number of hydrogen-bond donors (Lipinski definition) is 0. The molecule has 1 unspecified atom stereocenters. The SMILES string of the molecule is COc1ccc(C2(c3ccc(Br)cc3)C=Cc3c(ccc4ccccc34)O2)cc1. The summed E-state index contributed by atoms with van der Waals surface area (Å²) in [4.78, 5) is 0. The third-order valence-corrected chi connectivity index (χ3v) is 6.01. The van der Waals surface area contributed by atoms with Crippen LogP contribution >= 0.6 is 15.9 Å². The molecule has 2 nitrogen and oxygen atoms in total. The van der Waals surface area contributed by atoms with Crippen LogP contribution in [0.15, 0.2) is 95.5 Å². The predicted molar refractivity (Wildman–Crippen MR) is 122 cm³/mol. The van der Waals surface area contributed by atoms with E-state index in [4.69, 9.17) is 9.47 Å². The second-order valence-electron chi connectivity index (χ2n) is 7.10. The minimum atomic E-state index is -0.706. The Morgan fingerprint density at radius 1 is 0.793 bits per heavy atom. The Bertz CT molecular complexity index is 1210. The van der Waals surface area contributed by atoms with Crippen LogP contribution in [0.1, 0.15) is 16.7 Å². The molecule has 0 saturated heterocycles. The summed E-state index contributed by atoms with van der Waals surface area (Å²) in [6.07, 6.45) is 4.35. The van der Waals surface area contributed by atoms with Gasteiger partial charge in [0.15, 0.2) is 5.60 Å². The van der Waals surface area contributed by atoms with E-state index < -0.39 is 5.60 Å². The first-order valence-electron chi connectivity index (χ1n) is 9.50. The van der Waals surface area contributed by atoms with Crippen molar-refractivity contribution in [3.63, 3.8) is 0 Å². The molecule has 142 valence electrons. The lowest BCUT2D eigenvalue weighted by Crippen LogP contribution is -2.34. The summed E-state index contributed by atoms with van der Waals surface area (Å²) in [7, 11) is 1.68. The highest BCUT2D eigenvalue weighted by atomic mass is 79.9. The lowest BCUT2D eigenvalue weighted by molar-refractivity contribution is 0.161. The highest BCUT2D eigenvalue weighted by Gasteiger charge is 2.37. The van der Waals surface area contributed by atoms with Gasteiger partial charge in [0.2, 0.25) is 0 Å². The van der Waals surface area contributed by atoms with E-state index in [-0.39, 0.29) is 0 Å². The van der Waals surface area contributed by atoms with Crippen LogP contribution in [0.3, 0.4) is 0 Å². The molecule has 0 amide bonds. The quantitative estimate of drug-likeness (QED) is 0.341. The number of ether oxygens (including phenoxy) is 2. The molecule has 1 atom stereocenters. The molecule has 0 fully saturated rings.